The van der Waals surface area contributed by atoms with Gasteiger partial charge in [-0.3, -0.25) is 0 Å². The molecule has 0 aromatic carbocycles. The lowest BCUT2D eigenvalue weighted by Crippen LogP contribution is -2.10. The van der Waals surface area contributed by atoms with Gasteiger partial charge >= 0.3 is 0 Å². The van der Waals surface area contributed by atoms with E-state index in [0.717, 1.165) is 5.75 Å². The second-order valence-electron chi connectivity index (χ2n) is 2.15. The van der Waals surface area contributed by atoms with Crippen LogP contribution in [0.2, 0.25) is 0 Å². The van der Waals surface area contributed by atoms with Crippen LogP contribution < -0.4 is 0 Å². The summed E-state index contributed by atoms with van der Waals surface area (Å²) >= 11 is 5.27. The molecule has 2 unspecified atom stereocenters. The Bertz CT molecular complexity index is 126. The maximum absolute atomic E-state index is 8.49. The van der Waals surface area contributed by atoms with Crippen molar-refractivity contribution in [2.24, 2.45) is 5.92 Å². The highest BCUT2D eigenvalue weighted by atomic mass is 79.9. The molecule has 3 heteroatoms. The summed E-state index contributed by atoms with van der Waals surface area (Å²) in [6, 6.07) is 2.21. The van der Waals surface area contributed by atoms with Crippen LogP contribution in [0.1, 0.15) is 6.42 Å². The van der Waals surface area contributed by atoms with Crippen molar-refractivity contribution in [1.82, 2.24) is 0 Å². The van der Waals surface area contributed by atoms with Crippen LogP contribution in [0.15, 0.2) is 0 Å². The van der Waals surface area contributed by atoms with Crippen molar-refractivity contribution in [3.05, 3.63) is 0 Å². The van der Waals surface area contributed by atoms with Gasteiger partial charge in [-0.1, -0.05) is 15.9 Å². The minimum absolute atomic E-state index is 0.0903. The Balaban J connectivity index is 2.34. The summed E-state index contributed by atoms with van der Waals surface area (Å²) in [7, 11) is 0. The molecular weight excluding hydrogens is 198 g/mol. The van der Waals surface area contributed by atoms with Gasteiger partial charge < -0.3 is 0 Å². The fraction of sp³-hybridized carbons (Fsp3) is 0.833. The molecule has 0 bridgehead atoms. The third kappa shape index (κ3) is 1.87. The summed E-state index contributed by atoms with van der Waals surface area (Å²) in [6.07, 6.45) is 1.20. The molecule has 0 aromatic heterocycles. The van der Waals surface area contributed by atoms with Crippen LogP contribution in [0.5, 0.6) is 0 Å². The Kier molecular flexibility index (Phi) is 2.87. The van der Waals surface area contributed by atoms with E-state index in [1.807, 2.05) is 11.8 Å². The first kappa shape index (κ1) is 7.43. The van der Waals surface area contributed by atoms with Crippen LogP contribution in [0, 0.1) is 17.2 Å². The number of rotatable bonds is 1. The Morgan fingerprint density at radius 2 is 2.56 bits per heavy atom. The van der Waals surface area contributed by atoms with Gasteiger partial charge in [0, 0.05) is 0 Å². The molecule has 1 rings (SSSR count). The number of hydrogen-bond acceptors (Lipinski definition) is 2. The standard InChI is InChI=1S/C6H8BrNS/c7-6(3-8)5-1-2-9-4-5/h5-6H,1-2,4H2. The maximum Gasteiger partial charge on any atom is 0.105 e. The molecule has 1 aliphatic heterocycles. The Hall–Kier alpha value is 0.320. The number of halogens is 1. The fourth-order valence-electron chi connectivity index (χ4n) is 0.889. The third-order valence-electron chi connectivity index (χ3n) is 1.50. The molecule has 1 heterocycles. The van der Waals surface area contributed by atoms with Crippen molar-refractivity contribution in [3.8, 4) is 6.07 Å². The van der Waals surface area contributed by atoms with E-state index < -0.39 is 0 Å². The van der Waals surface area contributed by atoms with Gasteiger partial charge in [0.25, 0.3) is 0 Å². The summed E-state index contributed by atoms with van der Waals surface area (Å²) in [5.74, 6) is 2.98. The summed E-state index contributed by atoms with van der Waals surface area (Å²) < 4.78 is 0. The first-order chi connectivity index (χ1) is 4.34. The minimum Gasteiger partial charge on any atom is -0.197 e. The summed E-state index contributed by atoms with van der Waals surface area (Å²) in [5, 5.41) is 8.49. The predicted molar refractivity (Wildman–Crippen MR) is 43.8 cm³/mol. The third-order valence-corrected chi connectivity index (χ3v) is 3.64. The summed E-state index contributed by atoms with van der Waals surface area (Å²) in [4.78, 5) is 0.0903. The smallest absolute Gasteiger partial charge is 0.105 e. The SMILES string of the molecule is N#CC(Br)C1CCSC1. The van der Waals surface area contributed by atoms with E-state index in [0.29, 0.717) is 5.92 Å². The lowest BCUT2D eigenvalue weighted by molar-refractivity contribution is 0.634. The van der Waals surface area contributed by atoms with Gasteiger partial charge in [0.15, 0.2) is 0 Å². The maximum atomic E-state index is 8.49. The lowest BCUT2D eigenvalue weighted by Gasteiger charge is -2.06. The van der Waals surface area contributed by atoms with Gasteiger partial charge in [-0.05, 0) is 23.8 Å². The number of nitrogens with zero attached hydrogens (tertiary/aromatic N) is 1. The van der Waals surface area contributed by atoms with Crippen molar-refractivity contribution in [3.63, 3.8) is 0 Å². The molecule has 0 aromatic rings. The zero-order valence-electron chi connectivity index (χ0n) is 5.01. The van der Waals surface area contributed by atoms with Gasteiger partial charge in [0.2, 0.25) is 0 Å². The number of nitriles is 1. The van der Waals surface area contributed by atoms with Crippen LogP contribution in [-0.4, -0.2) is 16.3 Å². The lowest BCUT2D eigenvalue weighted by atomic mass is 10.1. The molecule has 0 N–H and O–H groups in total. The van der Waals surface area contributed by atoms with Crippen molar-refractivity contribution in [2.75, 3.05) is 11.5 Å². The molecule has 0 radical (unpaired) electrons. The monoisotopic (exact) mass is 205 g/mol. The largest absolute Gasteiger partial charge is 0.197 e. The zero-order chi connectivity index (χ0) is 6.69. The highest BCUT2D eigenvalue weighted by Gasteiger charge is 2.22. The average molecular weight is 206 g/mol. The van der Waals surface area contributed by atoms with E-state index in [9.17, 15) is 0 Å². The molecule has 0 saturated carbocycles. The topological polar surface area (TPSA) is 23.8 Å². The zero-order valence-corrected chi connectivity index (χ0v) is 7.41. The summed E-state index contributed by atoms with van der Waals surface area (Å²) in [6.45, 7) is 0. The number of thioether (sulfide) groups is 1. The molecule has 1 nitrogen and oxygen atoms in total. The molecular formula is C6H8BrNS. The normalized spacial score (nSPS) is 29.6. The van der Waals surface area contributed by atoms with E-state index in [-0.39, 0.29) is 4.83 Å². The van der Waals surface area contributed by atoms with Gasteiger partial charge in [-0.2, -0.15) is 17.0 Å². The highest BCUT2D eigenvalue weighted by molar-refractivity contribution is 9.09. The first-order valence-corrected chi connectivity index (χ1v) is 5.03. The molecule has 0 spiro atoms. The molecule has 9 heavy (non-hydrogen) atoms. The molecule has 1 aliphatic rings. The van der Waals surface area contributed by atoms with Gasteiger partial charge in [0.1, 0.15) is 4.83 Å². The van der Waals surface area contributed by atoms with E-state index in [1.54, 1.807) is 0 Å². The van der Waals surface area contributed by atoms with Crippen molar-refractivity contribution in [1.29, 1.82) is 5.26 Å². The number of alkyl halides is 1. The van der Waals surface area contributed by atoms with Crippen LogP contribution >= 0.6 is 27.7 Å². The van der Waals surface area contributed by atoms with Crippen molar-refractivity contribution >= 4 is 27.7 Å². The van der Waals surface area contributed by atoms with E-state index in [4.69, 9.17) is 5.26 Å². The molecule has 0 aliphatic carbocycles. The molecule has 1 fully saturated rings. The molecule has 1 saturated heterocycles. The average Bonchev–Trinajstić information content (AvgIpc) is 2.37. The molecule has 50 valence electrons. The van der Waals surface area contributed by atoms with Crippen molar-refractivity contribution in [2.45, 2.75) is 11.2 Å². The number of hydrogen-bond donors (Lipinski definition) is 0. The summed E-state index contributed by atoms with van der Waals surface area (Å²) in [5.41, 5.74) is 0. The Morgan fingerprint density at radius 1 is 1.78 bits per heavy atom. The second-order valence-corrected chi connectivity index (χ2v) is 4.29. The van der Waals surface area contributed by atoms with Crippen LogP contribution in [0.4, 0.5) is 0 Å². The van der Waals surface area contributed by atoms with E-state index >= 15 is 0 Å². The van der Waals surface area contributed by atoms with E-state index in [2.05, 4.69) is 22.0 Å². The van der Waals surface area contributed by atoms with Gasteiger partial charge in [-0.25, -0.2) is 0 Å². The Morgan fingerprint density at radius 3 is 3.00 bits per heavy atom. The van der Waals surface area contributed by atoms with Crippen molar-refractivity contribution < 1.29 is 0 Å². The van der Waals surface area contributed by atoms with Crippen LogP contribution in [-0.2, 0) is 0 Å². The molecule has 2 atom stereocenters. The fourth-order valence-corrected chi connectivity index (χ4v) is 2.89. The van der Waals surface area contributed by atoms with Crippen LogP contribution in [0.25, 0.3) is 0 Å². The Labute approximate surface area is 67.9 Å². The second kappa shape index (κ2) is 3.48. The van der Waals surface area contributed by atoms with Gasteiger partial charge in [0.05, 0.1) is 6.07 Å². The molecule has 0 amide bonds. The van der Waals surface area contributed by atoms with Crippen LogP contribution in [0.3, 0.4) is 0 Å². The quantitative estimate of drug-likeness (QED) is 0.613. The van der Waals surface area contributed by atoms with E-state index in [1.165, 1.54) is 12.2 Å². The first-order valence-electron chi connectivity index (χ1n) is 2.96. The highest BCUT2D eigenvalue weighted by Crippen LogP contribution is 2.29. The minimum atomic E-state index is 0.0903. The van der Waals surface area contributed by atoms with Gasteiger partial charge in [-0.15, -0.1) is 0 Å². The predicted octanol–water partition coefficient (Wildman–Crippen LogP) is 2.03.